The number of rotatable bonds is 3. The Morgan fingerprint density at radius 2 is 2.00 bits per heavy atom. The van der Waals surface area contributed by atoms with E-state index in [1.54, 1.807) is 26.1 Å². The number of carbonyl (C=O) groups is 3. The maximum Gasteiger partial charge on any atom is 0.358 e. The molecule has 0 aliphatic carbocycles. The lowest BCUT2D eigenvalue weighted by atomic mass is 10.0. The molecular weight excluding hydrogens is 259 g/mol. The van der Waals surface area contributed by atoms with Gasteiger partial charge in [0.1, 0.15) is 0 Å². The van der Waals surface area contributed by atoms with Crippen LogP contribution in [0.4, 0.5) is 9.18 Å². The minimum Gasteiger partial charge on any atom is -0.463 e. The molecule has 0 bridgehead atoms. The van der Waals surface area contributed by atoms with Gasteiger partial charge < -0.3 is 14.8 Å². The van der Waals surface area contributed by atoms with E-state index in [9.17, 15) is 18.8 Å². The fraction of sp³-hybridized carbons (Fsp3) is 0.727. The molecule has 1 fully saturated rings. The second kappa shape index (κ2) is 5.12. The molecule has 2 atom stereocenters. The number of alkyl halides is 1. The first kappa shape index (κ1) is 15.4. The lowest BCUT2D eigenvalue weighted by Gasteiger charge is -2.37. The van der Waals surface area contributed by atoms with Crippen molar-refractivity contribution in [2.24, 2.45) is 0 Å². The minimum absolute atomic E-state index is 0.103. The Hall–Kier alpha value is -1.70. The Balaban J connectivity index is 3.09. The molecule has 0 aromatic rings. The highest BCUT2D eigenvalue weighted by Crippen LogP contribution is 2.26. The molecule has 0 saturated carbocycles. The predicted octanol–water partition coefficient (Wildman–Crippen LogP) is 0.238. The number of hydrogen-bond acceptors (Lipinski definition) is 5. The summed E-state index contributed by atoms with van der Waals surface area (Å²) in [5, 5.41) is 3.74. The summed E-state index contributed by atoms with van der Waals surface area (Å²) < 4.78 is 24.5. The van der Waals surface area contributed by atoms with Gasteiger partial charge in [-0.3, -0.25) is 10.1 Å². The molecule has 1 rings (SSSR count). The van der Waals surface area contributed by atoms with E-state index in [-0.39, 0.29) is 6.61 Å². The van der Waals surface area contributed by atoms with Crippen molar-refractivity contribution in [2.45, 2.75) is 45.2 Å². The molecule has 8 heteroatoms. The highest BCUT2D eigenvalue weighted by atomic mass is 19.1. The molecule has 3 amide bonds. The third-order valence-electron chi connectivity index (χ3n) is 2.22. The first-order valence-electron chi connectivity index (χ1n) is 5.77. The van der Waals surface area contributed by atoms with E-state index in [4.69, 9.17) is 4.74 Å². The zero-order chi connectivity index (χ0) is 14.8. The second-order valence-corrected chi connectivity index (χ2v) is 4.97. The number of urea groups is 1. The van der Waals surface area contributed by atoms with E-state index in [1.807, 2.05) is 0 Å². The van der Waals surface area contributed by atoms with Gasteiger partial charge in [0, 0.05) is 0 Å². The van der Waals surface area contributed by atoms with Crippen molar-refractivity contribution < 1.29 is 28.2 Å². The van der Waals surface area contributed by atoms with Gasteiger partial charge in [0.05, 0.1) is 12.2 Å². The van der Waals surface area contributed by atoms with Gasteiger partial charge in [0.25, 0.3) is 5.91 Å². The highest BCUT2D eigenvalue weighted by molar-refractivity contribution is 6.14. The summed E-state index contributed by atoms with van der Waals surface area (Å²) in [5.74, 6) is -2.80. The number of carbonyl (C=O) groups excluding carboxylic acids is 3. The van der Waals surface area contributed by atoms with Crippen LogP contribution in [0.3, 0.4) is 0 Å². The average molecular weight is 276 g/mol. The summed E-state index contributed by atoms with van der Waals surface area (Å²) in [5.41, 5.74) is -3.99. The number of halogens is 1. The zero-order valence-corrected chi connectivity index (χ0v) is 11.2. The van der Waals surface area contributed by atoms with Gasteiger partial charge in [-0.1, -0.05) is 0 Å². The molecule has 0 spiro atoms. The minimum atomic E-state index is -3.11. The van der Waals surface area contributed by atoms with Gasteiger partial charge >= 0.3 is 17.7 Å². The van der Waals surface area contributed by atoms with E-state index >= 15 is 0 Å². The lowest BCUT2D eigenvalue weighted by Crippen LogP contribution is -2.71. The number of imide groups is 1. The van der Waals surface area contributed by atoms with E-state index in [1.165, 1.54) is 6.92 Å². The van der Waals surface area contributed by atoms with E-state index < -0.39 is 35.4 Å². The Morgan fingerprint density at radius 3 is 2.47 bits per heavy atom. The molecule has 0 aromatic carbocycles. The predicted molar refractivity (Wildman–Crippen MR) is 61.8 cm³/mol. The van der Waals surface area contributed by atoms with Gasteiger partial charge in [0.2, 0.25) is 0 Å². The van der Waals surface area contributed by atoms with Crippen LogP contribution in [0, 0.1) is 0 Å². The largest absolute Gasteiger partial charge is 0.463 e. The molecule has 0 radical (unpaired) electrons. The van der Waals surface area contributed by atoms with Gasteiger partial charge in [-0.05, 0) is 27.7 Å². The number of amides is 3. The van der Waals surface area contributed by atoms with Gasteiger partial charge in [-0.15, -0.1) is 0 Å². The van der Waals surface area contributed by atoms with E-state index in [0.29, 0.717) is 0 Å². The van der Waals surface area contributed by atoms with Crippen LogP contribution in [0.15, 0.2) is 0 Å². The Kier molecular flexibility index (Phi) is 4.14. The lowest BCUT2D eigenvalue weighted by molar-refractivity contribution is -0.189. The summed E-state index contributed by atoms with van der Waals surface area (Å²) in [7, 11) is 0. The van der Waals surface area contributed by atoms with Crippen molar-refractivity contribution in [3.63, 3.8) is 0 Å². The van der Waals surface area contributed by atoms with Crippen molar-refractivity contribution in [1.82, 2.24) is 10.6 Å². The molecule has 1 aliphatic rings. The number of ether oxygens (including phenoxy) is 2. The molecule has 1 saturated heterocycles. The molecule has 0 aromatic heterocycles. The van der Waals surface area contributed by atoms with Crippen molar-refractivity contribution in [3.05, 3.63) is 0 Å². The van der Waals surface area contributed by atoms with Crippen LogP contribution < -0.4 is 10.6 Å². The van der Waals surface area contributed by atoms with Crippen LogP contribution in [-0.2, 0) is 19.1 Å². The molecule has 1 aliphatic heterocycles. The Labute approximate surface area is 109 Å². The summed E-state index contributed by atoms with van der Waals surface area (Å²) in [6, 6.07) is -0.933. The van der Waals surface area contributed by atoms with Crippen LogP contribution in [0.5, 0.6) is 0 Å². The van der Waals surface area contributed by atoms with Crippen molar-refractivity contribution >= 4 is 17.9 Å². The third kappa shape index (κ3) is 3.19. The first-order valence-corrected chi connectivity index (χ1v) is 5.77. The van der Waals surface area contributed by atoms with Crippen LogP contribution in [0.1, 0.15) is 27.7 Å². The average Bonchev–Trinajstić information content (AvgIpc) is 2.23. The highest BCUT2D eigenvalue weighted by Gasteiger charge is 2.60. The van der Waals surface area contributed by atoms with E-state index in [0.717, 1.165) is 0 Å². The number of esters is 1. The summed E-state index contributed by atoms with van der Waals surface area (Å²) >= 11 is 0. The monoisotopic (exact) mass is 276 g/mol. The zero-order valence-electron chi connectivity index (χ0n) is 11.2. The van der Waals surface area contributed by atoms with Crippen LogP contribution >= 0.6 is 0 Å². The molecule has 1 heterocycles. The smallest absolute Gasteiger partial charge is 0.358 e. The fourth-order valence-corrected chi connectivity index (χ4v) is 1.47. The van der Waals surface area contributed by atoms with Crippen molar-refractivity contribution in [3.8, 4) is 0 Å². The summed E-state index contributed by atoms with van der Waals surface area (Å²) in [4.78, 5) is 34.5. The maximum atomic E-state index is 14.7. The second-order valence-electron chi connectivity index (χ2n) is 4.97. The van der Waals surface area contributed by atoms with Crippen LogP contribution in [0.2, 0.25) is 0 Å². The van der Waals surface area contributed by atoms with Crippen LogP contribution in [0.25, 0.3) is 0 Å². The molecular formula is C11H17FN2O5. The van der Waals surface area contributed by atoms with E-state index in [2.05, 4.69) is 10.1 Å². The Bertz CT molecular complexity index is 406. The van der Waals surface area contributed by atoms with Crippen molar-refractivity contribution in [1.29, 1.82) is 0 Å². The summed E-state index contributed by atoms with van der Waals surface area (Å²) in [6.45, 7) is 6.15. The third-order valence-corrected chi connectivity index (χ3v) is 2.22. The van der Waals surface area contributed by atoms with Gasteiger partial charge in [0.15, 0.2) is 6.23 Å². The molecule has 2 unspecified atom stereocenters. The maximum absolute atomic E-state index is 14.7. The first-order chi connectivity index (χ1) is 8.61. The van der Waals surface area contributed by atoms with Gasteiger partial charge in [-0.2, -0.15) is 0 Å². The molecule has 2 N–H and O–H groups in total. The summed E-state index contributed by atoms with van der Waals surface area (Å²) in [6.07, 6.45) is -1.74. The molecule has 19 heavy (non-hydrogen) atoms. The Morgan fingerprint density at radius 1 is 1.42 bits per heavy atom. The topological polar surface area (TPSA) is 93.7 Å². The molecule has 108 valence electrons. The van der Waals surface area contributed by atoms with Gasteiger partial charge in [-0.25, -0.2) is 14.0 Å². The fourth-order valence-electron chi connectivity index (χ4n) is 1.47. The molecule has 7 nitrogen and oxygen atoms in total. The number of nitrogens with one attached hydrogen (secondary N) is 2. The van der Waals surface area contributed by atoms with Crippen molar-refractivity contribution in [2.75, 3.05) is 6.61 Å². The normalized spacial score (nSPS) is 27.5. The quantitative estimate of drug-likeness (QED) is 0.569. The number of hydrogen-bond donors (Lipinski definition) is 2. The van der Waals surface area contributed by atoms with Crippen LogP contribution in [-0.4, -0.2) is 42.0 Å². The standard InChI is InChI=1S/C11H17FN2O5/c1-5-18-8(16)11(12)6(15)13-9(17)14-7(11)19-10(2,3)4/h7H,5H2,1-4H3,(H2,13,14,15,17). The SMILES string of the molecule is CCOC(=O)C1(F)C(=O)NC(=O)NC1OC(C)(C)C.